The highest BCUT2D eigenvalue weighted by Crippen LogP contribution is 2.26. The predicted octanol–water partition coefficient (Wildman–Crippen LogP) is 4.34. The minimum atomic E-state index is 0.233. The molecule has 1 fully saturated rings. The molecule has 5 heteroatoms. The molecule has 1 amide bonds. The number of hydrogen-bond acceptors (Lipinski definition) is 4. The molecule has 0 saturated carbocycles. The van der Waals surface area contributed by atoms with Crippen molar-refractivity contribution in [3.8, 4) is 5.75 Å². The van der Waals surface area contributed by atoms with Crippen LogP contribution in [-0.4, -0.2) is 54.0 Å². The Balaban J connectivity index is 1.43. The van der Waals surface area contributed by atoms with Crippen molar-refractivity contribution in [3.63, 3.8) is 0 Å². The number of pyridine rings is 1. The number of amides is 1. The summed E-state index contributed by atoms with van der Waals surface area (Å²) < 4.78 is 5.82. The monoisotopic (exact) mass is 421 g/mol. The Hall–Kier alpha value is -2.66. The molecule has 31 heavy (non-hydrogen) atoms. The number of aromatic nitrogens is 1. The van der Waals surface area contributed by atoms with Crippen molar-refractivity contribution in [2.24, 2.45) is 5.92 Å². The number of likely N-dealkylation sites (tertiary alicyclic amines) is 1. The first-order chi connectivity index (χ1) is 15.2. The highest BCUT2D eigenvalue weighted by atomic mass is 16.5. The summed E-state index contributed by atoms with van der Waals surface area (Å²) in [5.41, 5.74) is 2.25. The molecule has 0 unspecified atom stereocenters. The highest BCUT2D eigenvalue weighted by molar-refractivity contribution is 5.75. The smallest absolute Gasteiger partial charge is 0.222 e. The molecule has 2 aromatic rings. The summed E-state index contributed by atoms with van der Waals surface area (Å²) in [5.74, 6) is 1.74. The molecule has 2 heterocycles. The van der Waals surface area contributed by atoms with Crippen molar-refractivity contribution >= 4 is 5.91 Å². The van der Waals surface area contributed by atoms with Crippen LogP contribution in [0.15, 0.2) is 61.3 Å². The third-order valence-corrected chi connectivity index (χ3v) is 5.95. The number of carbonyl (C=O) groups excluding carboxylic acids is 1. The fraction of sp³-hybridized carbons (Fsp3) is 0.462. The van der Waals surface area contributed by atoms with Crippen molar-refractivity contribution in [3.05, 3.63) is 72.6 Å². The van der Waals surface area contributed by atoms with Gasteiger partial charge in [-0.2, -0.15) is 0 Å². The van der Waals surface area contributed by atoms with Crippen molar-refractivity contribution in [1.82, 2.24) is 14.8 Å². The van der Waals surface area contributed by atoms with Gasteiger partial charge in [0.15, 0.2) is 0 Å². The predicted molar refractivity (Wildman–Crippen MR) is 125 cm³/mol. The summed E-state index contributed by atoms with van der Waals surface area (Å²) in [4.78, 5) is 21.3. The molecule has 0 spiro atoms. The van der Waals surface area contributed by atoms with Gasteiger partial charge in [-0.05, 0) is 49.9 Å². The van der Waals surface area contributed by atoms with E-state index in [4.69, 9.17) is 4.74 Å². The zero-order valence-corrected chi connectivity index (χ0v) is 18.7. The number of likely N-dealkylation sites (N-methyl/N-ethyl adjacent to an activating group) is 1. The first-order valence-electron chi connectivity index (χ1n) is 11.3. The number of carbonyl (C=O) groups is 1. The number of piperidine rings is 1. The standard InChI is InChI=1S/C26H35N3O2/c1-3-19-31-25-12-5-4-10-23(25)21-29-17-8-9-22(20-29)13-14-26(30)28(2)18-15-24-11-6-7-16-27-24/h3-7,10-12,16,22H,1,8-9,13-15,17-21H2,2H3/t22-/m0/s1. The van der Waals surface area contributed by atoms with Crippen LogP contribution in [0.3, 0.4) is 0 Å². The SMILES string of the molecule is C=CCOc1ccccc1CN1CCC[C@@H](CCC(=O)N(C)CCc2ccccn2)C1. The maximum Gasteiger partial charge on any atom is 0.222 e. The third kappa shape index (κ3) is 7.51. The van der Waals surface area contributed by atoms with Crippen LogP contribution in [-0.2, 0) is 17.8 Å². The lowest BCUT2D eigenvalue weighted by Gasteiger charge is -2.33. The van der Waals surface area contributed by atoms with E-state index < -0.39 is 0 Å². The summed E-state index contributed by atoms with van der Waals surface area (Å²) in [6.45, 7) is 8.01. The minimum absolute atomic E-state index is 0.233. The topological polar surface area (TPSA) is 45.7 Å². The number of nitrogens with zero attached hydrogens (tertiary/aromatic N) is 3. The van der Waals surface area contributed by atoms with Crippen LogP contribution in [0.4, 0.5) is 0 Å². The van der Waals surface area contributed by atoms with E-state index in [9.17, 15) is 4.79 Å². The van der Waals surface area contributed by atoms with Crippen molar-refractivity contribution in [2.75, 3.05) is 33.3 Å². The lowest BCUT2D eigenvalue weighted by Crippen LogP contribution is -2.36. The highest BCUT2D eigenvalue weighted by Gasteiger charge is 2.22. The maximum atomic E-state index is 12.6. The molecule has 1 aliphatic rings. The molecule has 1 atom stereocenters. The fourth-order valence-electron chi connectivity index (χ4n) is 4.17. The second-order valence-electron chi connectivity index (χ2n) is 8.38. The molecule has 0 N–H and O–H groups in total. The second-order valence-corrected chi connectivity index (χ2v) is 8.38. The van der Waals surface area contributed by atoms with E-state index in [-0.39, 0.29) is 5.91 Å². The van der Waals surface area contributed by atoms with E-state index in [2.05, 4.69) is 28.6 Å². The summed E-state index contributed by atoms with van der Waals surface area (Å²) >= 11 is 0. The molecule has 0 radical (unpaired) electrons. The van der Waals surface area contributed by atoms with Crippen LogP contribution in [0.5, 0.6) is 5.75 Å². The molecule has 1 aromatic carbocycles. The van der Waals surface area contributed by atoms with Gasteiger partial charge in [0.25, 0.3) is 0 Å². The zero-order chi connectivity index (χ0) is 21.9. The average molecular weight is 422 g/mol. The Morgan fingerprint density at radius 2 is 2.13 bits per heavy atom. The number of hydrogen-bond donors (Lipinski definition) is 0. The molecular weight excluding hydrogens is 386 g/mol. The number of para-hydroxylation sites is 1. The van der Waals surface area contributed by atoms with E-state index in [0.29, 0.717) is 25.5 Å². The number of benzene rings is 1. The van der Waals surface area contributed by atoms with Gasteiger partial charge in [-0.15, -0.1) is 0 Å². The van der Waals surface area contributed by atoms with Crippen molar-refractivity contribution < 1.29 is 9.53 Å². The van der Waals surface area contributed by atoms with Gasteiger partial charge in [-0.25, -0.2) is 0 Å². The van der Waals surface area contributed by atoms with Crippen molar-refractivity contribution in [1.29, 1.82) is 0 Å². The third-order valence-electron chi connectivity index (χ3n) is 5.95. The van der Waals surface area contributed by atoms with Gasteiger partial charge in [-0.3, -0.25) is 14.7 Å². The maximum absolute atomic E-state index is 12.6. The van der Waals surface area contributed by atoms with Gasteiger partial charge >= 0.3 is 0 Å². The quantitative estimate of drug-likeness (QED) is 0.507. The van der Waals surface area contributed by atoms with E-state index in [1.807, 2.05) is 42.3 Å². The van der Waals surface area contributed by atoms with E-state index in [1.165, 1.54) is 18.4 Å². The van der Waals surface area contributed by atoms with Crippen molar-refractivity contribution in [2.45, 2.75) is 38.6 Å². The lowest BCUT2D eigenvalue weighted by atomic mass is 9.92. The Morgan fingerprint density at radius 1 is 1.29 bits per heavy atom. The van der Waals surface area contributed by atoms with Crippen LogP contribution in [0.1, 0.15) is 36.9 Å². The molecule has 1 saturated heterocycles. The molecule has 1 aromatic heterocycles. The molecule has 166 valence electrons. The van der Waals surface area contributed by atoms with E-state index in [1.54, 1.807) is 12.3 Å². The molecule has 5 nitrogen and oxygen atoms in total. The molecular formula is C26H35N3O2. The van der Waals surface area contributed by atoms with E-state index in [0.717, 1.165) is 43.9 Å². The van der Waals surface area contributed by atoms with E-state index >= 15 is 0 Å². The Labute approximate surface area is 186 Å². The van der Waals surface area contributed by atoms with Gasteiger partial charge < -0.3 is 9.64 Å². The lowest BCUT2D eigenvalue weighted by molar-refractivity contribution is -0.130. The summed E-state index contributed by atoms with van der Waals surface area (Å²) in [6.07, 6.45) is 8.34. The number of ether oxygens (including phenoxy) is 1. The van der Waals surface area contributed by atoms with Gasteiger partial charge in [0, 0.05) is 57.0 Å². The molecule has 1 aliphatic heterocycles. The summed E-state index contributed by atoms with van der Waals surface area (Å²) in [7, 11) is 1.90. The van der Waals surface area contributed by atoms with Crippen LogP contribution in [0.25, 0.3) is 0 Å². The largest absolute Gasteiger partial charge is 0.489 e. The second kappa shape index (κ2) is 12.3. The minimum Gasteiger partial charge on any atom is -0.489 e. The van der Waals surface area contributed by atoms with Crippen LogP contribution >= 0.6 is 0 Å². The first kappa shape index (κ1) is 23.0. The molecule has 0 aliphatic carbocycles. The molecule has 0 bridgehead atoms. The van der Waals surface area contributed by atoms with Crippen LogP contribution in [0.2, 0.25) is 0 Å². The Bertz CT molecular complexity index is 824. The average Bonchev–Trinajstić information content (AvgIpc) is 2.81. The van der Waals surface area contributed by atoms with Crippen LogP contribution in [0, 0.1) is 5.92 Å². The first-order valence-corrected chi connectivity index (χ1v) is 11.3. The Kier molecular flexibility index (Phi) is 9.10. The summed E-state index contributed by atoms with van der Waals surface area (Å²) in [6, 6.07) is 14.2. The normalized spacial score (nSPS) is 16.6. The summed E-state index contributed by atoms with van der Waals surface area (Å²) in [5, 5.41) is 0. The van der Waals surface area contributed by atoms with Gasteiger partial charge in [-0.1, -0.05) is 36.9 Å². The van der Waals surface area contributed by atoms with Gasteiger partial charge in [0.1, 0.15) is 12.4 Å². The number of rotatable bonds is 11. The van der Waals surface area contributed by atoms with Crippen LogP contribution < -0.4 is 4.74 Å². The van der Waals surface area contributed by atoms with Gasteiger partial charge in [0.2, 0.25) is 5.91 Å². The Morgan fingerprint density at radius 3 is 2.94 bits per heavy atom. The fourth-order valence-corrected chi connectivity index (χ4v) is 4.17. The van der Waals surface area contributed by atoms with Gasteiger partial charge in [0.05, 0.1) is 0 Å². The zero-order valence-electron chi connectivity index (χ0n) is 18.7. The molecule has 3 rings (SSSR count).